The zero-order valence-electron chi connectivity index (χ0n) is 10.2. The fourth-order valence-corrected chi connectivity index (χ4v) is 2.81. The largest absolute Gasteiger partial charge is 0.317 e. The van der Waals surface area contributed by atoms with E-state index >= 15 is 0 Å². The summed E-state index contributed by atoms with van der Waals surface area (Å²) in [4.78, 5) is 0. The summed E-state index contributed by atoms with van der Waals surface area (Å²) in [6.07, 6.45) is 1.30. The molecule has 0 aromatic heterocycles. The Labute approximate surface area is 98.4 Å². The second-order valence-electron chi connectivity index (χ2n) is 4.77. The number of nitrogens with one attached hydrogen (secondary N) is 2. The van der Waals surface area contributed by atoms with E-state index in [1.807, 2.05) is 0 Å². The number of rotatable bonds is 4. The Hall–Kier alpha value is -0.860. The molecule has 2 nitrogen and oxygen atoms in total. The number of hydrogen-bond donors (Lipinski definition) is 2. The first-order valence-electron chi connectivity index (χ1n) is 6.26. The van der Waals surface area contributed by atoms with Crippen molar-refractivity contribution in [3.8, 4) is 0 Å². The smallest absolute Gasteiger partial charge is 0.0108 e. The van der Waals surface area contributed by atoms with Gasteiger partial charge in [-0.3, -0.25) is 0 Å². The lowest BCUT2D eigenvalue weighted by Gasteiger charge is -2.29. The van der Waals surface area contributed by atoms with Gasteiger partial charge in [0.1, 0.15) is 0 Å². The highest BCUT2D eigenvalue weighted by Gasteiger charge is 2.29. The van der Waals surface area contributed by atoms with Crippen molar-refractivity contribution >= 4 is 0 Å². The molecule has 1 aromatic rings. The van der Waals surface area contributed by atoms with Crippen molar-refractivity contribution in [2.45, 2.75) is 25.3 Å². The Morgan fingerprint density at radius 2 is 2.06 bits per heavy atom. The van der Waals surface area contributed by atoms with Gasteiger partial charge in [-0.05, 0) is 45.0 Å². The molecule has 0 radical (unpaired) electrons. The van der Waals surface area contributed by atoms with Gasteiger partial charge in [0, 0.05) is 12.0 Å². The highest BCUT2D eigenvalue weighted by molar-refractivity contribution is 5.22. The zero-order chi connectivity index (χ0) is 11.4. The normalized spacial score (nSPS) is 24.2. The molecule has 0 bridgehead atoms. The molecule has 0 aliphatic carbocycles. The van der Waals surface area contributed by atoms with Crippen LogP contribution in [0, 0.1) is 5.92 Å². The van der Waals surface area contributed by atoms with Crippen LogP contribution in [0.2, 0.25) is 0 Å². The van der Waals surface area contributed by atoms with Crippen LogP contribution in [0.1, 0.15) is 24.8 Å². The lowest BCUT2D eigenvalue weighted by atomic mass is 9.80. The minimum Gasteiger partial charge on any atom is -0.317 e. The molecule has 2 heteroatoms. The molecule has 0 spiro atoms. The number of likely N-dealkylation sites (N-methyl/N-ethyl adjacent to an activating group) is 1. The van der Waals surface area contributed by atoms with Crippen LogP contribution in [0.5, 0.6) is 0 Å². The van der Waals surface area contributed by atoms with Gasteiger partial charge in [-0.1, -0.05) is 30.3 Å². The van der Waals surface area contributed by atoms with Crippen LogP contribution in [0.3, 0.4) is 0 Å². The highest BCUT2D eigenvalue weighted by atomic mass is 14.9. The Morgan fingerprint density at radius 3 is 2.62 bits per heavy atom. The molecule has 0 saturated carbocycles. The van der Waals surface area contributed by atoms with Gasteiger partial charge in [0.2, 0.25) is 0 Å². The fourth-order valence-electron chi connectivity index (χ4n) is 2.81. The Bertz CT molecular complexity index is 304. The lowest BCUT2D eigenvalue weighted by Crippen LogP contribution is -2.34. The predicted molar refractivity (Wildman–Crippen MR) is 68.7 cm³/mol. The van der Waals surface area contributed by atoms with Crippen LogP contribution in [0.25, 0.3) is 0 Å². The maximum Gasteiger partial charge on any atom is 0.0108 e. The molecule has 16 heavy (non-hydrogen) atoms. The van der Waals surface area contributed by atoms with Gasteiger partial charge in [-0.2, -0.15) is 0 Å². The first kappa shape index (κ1) is 11.6. The van der Waals surface area contributed by atoms with Gasteiger partial charge in [0.15, 0.2) is 0 Å². The summed E-state index contributed by atoms with van der Waals surface area (Å²) in [6, 6.07) is 11.4. The second-order valence-corrected chi connectivity index (χ2v) is 4.77. The Morgan fingerprint density at radius 1 is 1.31 bits per heavy atom. The van der Waals surface area contributed by atoms with Crippen LogP contribution in [-0.4, -0.2) is 26.2 Å². The molecule has 1 aromatic carbocycles. The summed E-state index contributed by atoms with van der Waals surface area (Å²) in [5.74, 6) is 1.39. The highest BCUT2D eigenvalue weighted by Crippen LogP contribution is 2.31. The van der Waals surface area contributed by atoms with Crippen LogP contribution in [-0.2, 0) is 0 Å². The van der Waals surface area contributed by atoms with Crippen molar-refractivity contribution in [1.82, 2.24) is 10.6 Å². The van der Waals surface area contributed by atoms with E-state index in [1.54, 1.807) is 0 Å². The summed E-state index contributed by atoms with van der Waals surface area (Å²) in [5.41, 5.74) is 1.47. The van der Waals surface area contributed by atoms with Crippen molar-refractivity contribution in [3.05, 3.63) is 35.9 Å². The summed E-state index contributed by atoms with van der Waals surface area (Å²) >= 11 is 0. The molecule has 2 rings (SSSR count). The van der Waals surface area contributed by atoms with E-state index < -0.39 is 0 Å². The Balaban J connectivity index is 2.20. The molecule has 88 valence electrons. The third kappa shape index (κ3) is 2.45. The van der Waals surface area contributed by atoms with Crippen LogP contribution in [0.15, 0.2) is 30.3 Å². The van der Waals surface area contributed by atoms with Crippen molar-refractivity contribution in [3.63, 3.8) is 0 Å². The van der Waals surface area contributed by atoms with E-state index in [4.69, 9.17) is 0 Å². The fraction of sp³-hybridized carbons (Fsp3) is 0.571. The van der Waals surface area contributed by atoms with Gasteiger partial charge in [0.05, 0.1) is 0 Å². The summed E-state index contributed by atoms with van der Waals surface area (Å²) in [7, 11) is 2.06. The van der Waals surface area contributed by atoms with Gasteiger partial charge in [0.25, 0.3) is 0 Å². The van der Waals surface area contributed by atoms with Crippen LogP contribution in [0.4, 0.5) is 0 Å². The lowest BCUT2D eigenvalue weighted by molar-refractivity contribution is 0.372. The van der Waals surface area contributed by atoms with E-state index in [1.165, 1.54) is 18.5 Å². The van der Waals surface area contributed by atoms with E-state index in [0.717, 1.165) is 12.5 Å². The Kier molecular flexibility index (Phi) is 3.97. The minimum absolute atomic E-state index is 0.535. The number of hydrogen-bond acceptors (Lipinski definition) is 2. The maximum absolute atomic E-state index is 3.47. The standard InChI is InChI=1S/C14H22N2/c1-11(15-2)14(13-8-9-16-10-13)12-6-4-3-5-7-12/h3-7,11,13-16H,8-10H2,1-2H3. The molecule has 1 aliphatic rings. The molecule has 3 unspecified atom stereocenters. The summed E-state index contributed by atoms with van der Waals surface area (Å²) in [6.45, 7) is 4.62. The third-order valence-electron chi connectivity index (χ3n) is 3.78. The van der Waals surface area contributed by atoms with Crippen molar-refractivity contribution in [1.29, 1.82) is 0 Å². The van der Waals surface area contributed by atoms with Crippen molar-refractivity contribution < 1.29 is 0 Å². The van der Waals surface area contributed by atoms with Crippen molar-refractivity contribution in [2.75, 3.05) is 20.1 Å². The molecular weight excluding hydrogens is 196 g/mol. The molecule has 2 N–H and O–H groups in total. The molecule has 3 atom stereocenters. The summed E-state index contributed by atoms with van der Waals surface area (Å²) in [5, 5.41) is 6.89. The van der Waals surface area contributed by atoms with E-state index in [0.29, 0.717) is 12.0 Å². The predicted octanol–water partition coefficient (Wildman–Crippen LogP) is 1.99. The maximum atomic E-state index is 3.47. The molecule has 1 saturated heterocycles. The quantitative estimate of drug-likeness (QED) is 0.807. The van der Waals surface area contributed by atoms with E-state index in [9.17, 15) is 0 Å². The van der Waals surface area contributed by atoms with Crippen molar-refractivity contribution in [2.24, 2.45) is 5.92 Å². The van der Waals surface area contributed by atoms with Gasteiger partial charge in [-0.25, -0.2) is 0 Å². The van der Waals surface area contributed by atoms with Crippen LogP contribution >= 0.6 is 0 Å². The summed E-state index contributed by atoms with van der Waals surface area (Å²) < 4.78 is 0. The topological polar surface area (TPSA) is 24.1 Å². The molecular formula is C14H22N2. The van der Waals surface area contributed by atoms with Gasteiger partial charge in [-0.15, -0.1) is 0 Å². The second kappa shape index (κ2) is 5.46. The molecule has 1 fully saturated rings. The molecule has 1 aliphatic heterocycles. The van der Waals surface area contributed by atoms with Gasteiger partial charge < -0.3 is 10.6 Å². The van der Waals surface area contributed by atoms with Crippen LogP contribution < -0.4 is 10.6 Å². The average molecular weight is 218 g/mol. The minimum atomic E-state index is 0.535. The first-order valence-corrected chi connectivity index (χ1v) is 6.26. The first-order chi connectivity index (χ1) is 7.83. The van der Waals surface area contributed by atoms with E-state index in [-0.39, 0.29) is 0 Å². The molecule has 0 amide bonds. The monoisotopic (exact) mass is 218 g/mol. The molecule has 1 heterocycles. The van der Waals surface area contributed by atoms with Gasteiger partial charge >= 0.3 is 0 Å². The van der Waals surface area contributed by atoms with E-state index in [2.05, 4.69) is 54.9 Å². The average Bonchev–Trinajstić information content (AvgIpc) is 2.84. The SMILES string of the molecule is CNC(C)C(c1ccccc1)C1CCNC1. The number of benzene rings is 1. The zero-order valence-corrected chi connectivity index (χ0v) is 10.2. The third-order valence-corrected chi connectivity index (χ3v) is 3.78.